The van der Waals surface area contributed by atoms with E-state index in [1.807, 2.05) is 0 Å². The van der Waals surface area contributed by atoms with Crippen LogP contribution in [0.2, 0.25) is 0 Å². The van der Waals surface area contributed by atoms with Crippen LogP contribution in [0.5, 0.6) is 0 Å². The average molecular weight is 423 g/mol. The second-order valence-corrected chi connectivity index (χ2v) is 7.48. The van der Waals surface area contributed by atoms with Crippen molar-refractivity contribution in [3.63, 3.8) is 0 Å². The quantitative estimate of drug-likeness (QED) is 0.703. The lowest BCUT2D eigenvalue weighted by Crippen LogP contribution is -2.40. The van der Waals surface area contributed by atoms with Crippen LogP contribution >= 0.6 is 0 Å². The number of hydrogen-bond donors (Lipinski definition) is 1. The Kier molecular flexibility index (Phi) is 5.14. The van der Waals surface area contributed by atoms with Gasteiger partial charge in [-0.15, -0.1) is 0 Å². The fourth-order valence-electron chi connectivity index (χ4n) is 3.84. The molecule has 0 unspecified atom stereocenters. The van der Waals surface area contributed by atoms with Gasteiger partial charge in [0.1, 0.15) is 17.2 Å². The number of benzene rings is 2. The maximum absolute atomic E-state index is 14.3. The minimum atomic E-state index is -0.873. The lowest BCUT2D eigenvalue weighted by molar-refractivity contribution is 0.0729. The number of nitrogens with two attached hydrogens (primary N) is 1. The third-order valence-corrected chi connectivity index (χ3v) is 5.39. The van der Waals surface area contributed by atoms with E-state index in [4.69, 9.17) is 5.73 Å². The molecule has 0 radical (unpaired) electrons. The molecule has 2 amide bonds. The zero-order valence-corrected chi connectivity index (χ0v) is 16.7. The molecule has 0 fully saturated rings. The number of aromatic nitrogens is 1. The molecule has 8 heteroatoms. The van der Waals surface area contributed by atoms with Crippen LogP contribution in [0.1, 0.15) is 37.4 Å². The molecule has 2 aromatic carbocycles. The number of carbonyl (C=O) groups is 2. The molecule has 158 valence electrons. The number of halogens is 2. The molecule has 0 saturated carbocycles. The molecule has 1 aromatic heterocycles. The van der Waals surface area contributed by atoms with Crippen LogP contribution in [0.15, 0.2) is 53.5 Å². The van der Waals surface area contributed by atoms with Crippen molar-refractivity contribution in [2.45, 2.75) is 19.9 Å². The summed E-state index contributed by atoms with van der Waals surface area (Å²) in [7, 11) is 0. The summed E-state index contributed by atoms with van der Waals surface area (Å²) in [5.41, 5.74) is 6.75. The van der Waals surface area contributed by atoms with Crippen molar-refractivity contribution in [1.29, 1.82) is 0 Å². The van der Waals surface area contributed by atoms with Gasteiger partial charge in [-0.2, -0.15) is 0 Å². The summed E-state index contributed by atoms with van der Waals surface area (Å²) in [5.74, 6) is -2.43. The molecular weight excluding hydrogens is 404 g/mol. The standard InChI is InChI=1S/C23H19F2N3O3/c1-13-2-7-18(19(25)10-13)22(30)27-9-8-17-14(11-27)12-28(23(31)20(17)21(26)29)16-5-3-15(24)4-6-16/h2-7,10,12H,8-9,11H2,1H3,(H2,26,29). The molecule has 6 nitrogen and oxygen atoms in total. The van der Waals surface area contributed by atoms with Crippen LogP contribution in [0, 0.1) is 18.6 Å². The number of nitrogens with zero attached hydrogens (tertiary/aromatic N) is 2. The van der Waals surface area contributed by atoms with E-state index in [-0.39, 0.29) is 30.6 Å². The van der Waals surface area contributed by atoms with Crippen LogP contribution in [0.4, 0.5) is 8.78 Å². The second kappa shape index (κ2) is 7.79. The summed E-state index contributed by atoms with van der Waals surface area (Å²) in [4.78, 5) is 39.3. The third kappa shape index (κ3) is 3.72. The number of carbonyl (C=O) groups excluding carboxylic acids is 2. The van der Waals surface area contributed by atoms with Crippen LogP contribution in [-0.2, 0) is 13.0 Å². The van der Waals surface area contributed by atoms with Crippen molar-refractivity contribution >= 4 is 11.8 Å². The number of primary amides is 1. The van der Waals surface area contributed by atoms with Crippen molar-refractivity contribution in [2.24, 2.45) is 5.73 Å². The van der Waals surface area contributed by atoms with Gasteiger partial charge < -0.3 is 10.6 Å². The third-order valence-electron chi connectivity index (χ3n) is 5.39. The number of amides is 2. The fourth-order valence-corrected chi connectivity index (χ4v) is 3.84. The summed E-state index contributed by atoms with van der Waals surface area (Å²) in [6, 6.07) is 9.59. The fraction of sp³-hybridized carbons (Fsp3) is 0.174. The largest absolute Gasteiger partial charge is 0.365 e. The molecule has 0 aliphatic carbocycles. The Balaban J connectivity index is 1.77. The van der Waals surface area contributed by atoms with Gasteiger partial charge in [0.25, 0.3) is 17.4 Å². The molecule has 1 aliphatic rings. The highest BCUT2D eigenvalue weighted by Crippen LogP contribution is 2.24. The van der Waals surface area contributed by atoms with Crippen LogP contribution in [0.25, 0.3) is 5.69 Å². The van der Waals surface area contributed by atoms with Crippen LogP contribution < -0.4 is 11.3 Å². The highest BCUT2D eigenvalue weighted by atomic mass is 19.1. The molecule has 0 saturated heterocycles. The minimum Gasteiger partial charge on any atom is -0.365 e. The smallest absolute Gasteiger partial charge is 0.268 e. The predicted octanol–water partition coefficient (Wildman–Crippen LogP) is 2.72. The number of aryl methyl sites for hydroxylation is 1. The highest BCUT2D eigenvalue weighted by Gasteiger charge is 2.29. The molecule has 4 rings (SSSR count). The van der Waals surface area contributed by atoms with Gasteiger partial charge in [0.2, 0.25) is 0 Å². The van der Waals surface area contributed by atoms with Gasteiger partial charge >= 0.3 is 0 Å². The van der Waals surface area contributed by atoms with Crippen molar-refractivity contribution < 1.29 is 18.4 Å². The summed E-state index contributed by atoms with van der Waals surface area (Å²) >= 11 is 0. The number of pyridine rings is 1. The van der Waals surface area contributed by atoms with Gasteiger partial charge in [-0.1, -0.05) is 6.07 Å². The van der Waals surface area contributed by atoms with E-state index >= 15 is 0 Å². The van der Waals surface area contributed by atoms with Gasteiger partial charge in [-0.05, 0) is 66.4 Å². The number of rotatable bonds is 3. The second-order valence-electron chi connectivity index (χ2n) is 7.48. The first-order chi connectivity index (χ1) is 14.8. The molecule has 2 N–H and O–H groups in total. The molecule has 2 heterocycles. The summed E-state index contributed by atoms with van der Waals surface area (Å²) in [6.45, 7) is 2.01. The van der Waals surface area contributed by atoms with E-state index in [1.54, 1.807) is 13.0 Å². The Morgan fingerprint density at radius 2 is 1.77 bits per heavy atom. The molecule has 0 atom stereocenters. The van der Waals surface area contributed by atoms with E-state index in [9.17, 15) is 23.2 Å². The molecule has 3 aromatic rings. The molecule has 31 heavy (non-hydrogen) atoms. The zero-order valence-electron chi connectivity index (χ0n) is 16.7. The highest BCUT2D eigenvalue weighted by molar-refractivity contribution is 5.96. The van der Waals surface area contributed by atoms with E-state index in [0.29, 0.717) is 22.4 Å². The van der Waals surface area contributed by atoms with E-state index in [0.717, 1.165) is 0 Å². The molecule has 0 bridgehead atoms. The molecule has 0 spiro atoms. The first kappa shape index (κ1) is 20.5. The first-order valence-electron chi connectivity index (χ1n) is 9.65. The maximum Gasteiger partial charge on any atom is 0.268 e. The zero-order chi connectivity index (χ0) is 22.3. The van der Waals surface area contributed by atoms with Gasteiger partial charge in [-0.3, -0.25) is 19.0 Å². The lowest BCUT2D eigenvalue weighted by Gasteiger charge is -2.30. The summed E-state index contributed by atoms with van der Waals surface area (Å²) < 4.78 is 28.8. The lowest BCUT2D eigenvalue weighted by atomic mass is 9.95. The Morgan fingerprint density at radius 1 is 1.06 bits per heavy atom. The molecule has 1 aliphatic heterocycles. The first-order valence-corrected chi connectivity index (χ1v) is 9.65. The summed E-state index contributed by atoms with van der Waals surface area (Å²) in [6.07, 6.45) is 1.74. The van der Waals surface area contributed by atoms with Gasteiger partial charge in [0.05, 0.1) is 5.56 Å². The normalized spacial score (nSPS) is 13.1. The van der Waals surface area contributed by atoms with E-state index in [1.165, 1.54) is 52.1 Å². The van der Waals surface area contributed by atoms with Gasteiger partial charge in [0, 0.05) is 25.0 Å². The Hall–Kier alpha value is -3.81. The van der Waals surface area contributed by atoms with Crippen LogP contribution in [0.3, 0.4) is 0 Å². The van der Waals surface area contributed by atoms with Crippen molar-refractivity contribution in [2.75, 3.05) is 6.54 Å². The SMILES string of the molecule is Cc1ccc(C(=O)N2CCc3c(cn(-c4ccc(F)cc4)c(=O)c3C(N)=O)C2)c(F)c1. The van der Waals surface area contributed by atoms with E-state index < -0.39 is 29.0 Å². The van der Waals surface area contributed by atoms with Gasteiger partial charge in [-0.25, -0.2) is 8.78 Å². The monoisotopic (exact) mass is 423 g/mol. The predicted molar refractivity (Wildman–Crippen MR) is 110 cm³/mol. The maximum atomic E-state index is 14.3. The van der Waals surface area contributed by atoms with Crippen molar-refractivity contribution in [3.8, 4) is 5.69 Å². The van der Waals surface area contributed by atoms with E-state index in [2.05, 4.69) is 0 Å². The topological polar surface area (TPSA) is 85.4 Å². The number of hydrogen-bond acceptors (Lipinski definition) is 3. The number of fused-ring (bicyclic) bond motifs is 1. The Labute approximate surface area is 176 Å². The summed E-state index contributed by atoms with van der Waals surface area (Å²) in [5, 5.41) is 0. The average Bonchev–Trinajstić information content (AvgIpc) is 2.73. The Bertz CT molecular complexity index is 1270. The van der Waals surface area contributed by atoms with Crippen molar-refractivity contribution in [3.05, 3.63) is 98.5 Å². The van der Waals surface area contributed by atoms with Crippen molar-refractivity contribution in [1.82, 2.24) is 9.47 Å². The van der Waals surface area contributed by atoms with Gasteiger partial charge in [0.15, 0.2) is 0 Å². The molecular formula is C23H19F2N3O3. The van der Waals surface area contributed by atoms with Crippen LogP contribution in [-0.4, -0.2) is 27.8 Å². The Morgan fingerprint density at radius 3 is 2.42 bits per heavy atom. The minimum absolute atomic E-state index is 0.0453.